The lowest BCUT2D eigenvalue weighted by atomic mass is 9.91. The molecule has 0 saturated heterocycles. The van der Waals surface area contributed by atoms with E-state index in [4.69, 9.17) is 0 Å². The predicted octanol–water partition coefficient (Wildman–Crippen LogP) is 9.56. The first kappa shape index (κ1) is 21.5. The molecule has 3 heteroatoms. The first-order valence-electron chi connectivity index (χ1n) is 13.5. The van der Waals surface area contributed by atoms with Gasteiger partial charge in [-0.2, -0.15) is 0 Å². The van der Waals surface area contributed by atoms with Gasteiger partial charge in [0.2, 0.25) is 0 Å². The lowest BCUT2D eigenvalue weighted by Gasteiger charge is -2.21. The van der Waals surface area contributed by atoms with E-state index in [-0.39, 0.29) is 0 Å². The molecule has 0 bridgehead atoms. The number of allylic oxidation sites excluding steroid dienone is 3. The third-order valence-corrected chi connectivity index (χ3v) is 9.80. The SMILES string of the molecule is C1=CC2Sc3ccccc3C2C=C1n1c2ccccc2c2cc(-n3c4ccccc4c4ccccc43)ccc21. The predicted molar refractivity (Wildman–Crippen MR) is 166 cm³/mol. The van der Waals surface area contributed by atoms with Gasteiger partial charge in [-0.25, -0.2) is 0 Å². The Morgan fingerprint density at radius 2 is 1.13 bits per heavy atom. The van der Waals surface area contributed by atoms with Crippen LogP contribution in [0.5, 0.6) is 0 Å². The van der Waals surface area contributed by atoms with Crippen molar-refractivity contribution in [1.29, 1.82) is 0 Å². The fourth-order valence-corrected chi connectivity index (χ4v) is 8.08. The number of fused-ring (bicyclic) bond motifs is 9. The van der Waals surface area contributed by atoms with E-state index in [0.717, 1.165) is 0 Å². The van der Waals surface area contributed by atoms with Crippen molar-refractivity contribution in [3.8, 4) is 5.69 Å². The van der Waals surface area contributed by atoms with Crippen molar-refractivity contribution in [2.45, 2.75) is 16.1 Å². The molecule has 184 valence electrons. The Bertz CT molecular complexity index is 2120. The minimum absolute atomic E-state index is 0.402. The van der Waals surface area contributed by atoms with Gasteiger partial charge in [0.15, 0.2) is 0 Å². The summed E-state index contributed by atoms with van der Waals surface area (Å²) in [5.41, 5.74) is 8.87. The molecule has 0 saturated carbocycles. The lowest BCUT2D eigenvalue weighted by molar-refractivity contribution is 0.876. The molecule has 2 atom stereocenters. The summed E-state index contributed by atoms with van der Waals surface area (Å²) in [5.74, 6) is 0.402. The molecule has 2 aliphatic rings. The summed E-state index contributed by atoms with van der Waals surface area (Å²) in [6.07, 6.45) is 7.21. The van der Waals surface area contributed by atoms with Crippen molar-refractivity contribution in [3.05, 3.63) is 139 Å². The molecular formula is C36H24N2S. The van der Waals surface area contributed by atoms with E-state index in [1.165, 1.54) is 65.5 Å². The fraction of sp³-hybridized carbons (Fsp3) is 0.0556. The average molecular weight is 517 g/mol. The molecule has 2 unspecified atom stereocenters. The highest BCUT2D eigenvalue weighted by atomic mass is 32.2. The quantitative estimate of drug-likeness (QED) is 0.222. The highest BCUT2D eigenvalue weighted by Crippen LogP contribution is 2.49. The van der Waals surface area contributed by atoms with Gasteiger partial charge in [-0.05, 0) is 54.1 Å². The van der Waals surface area contributed by atoms with E-state index in [1.54, 1.807) is 0 Å². The zero-order valence-corrected chi connectivity index (χ0v) is 22.0. The summed E-state index contributed by atoms with van der Waals surface area (Å²) in [7, 11) is 0. The van der Waals surface area contributed by atoms with Gasteiger partial charge in [-0.3, -0.25) is 0 Å². The molecule has 1 aliphatic heterocycles. The minimum atomic E-state index is 0.402. The summed E-state index contributed by atoms with van der Waals surface area (Å²) in [5, 5.41) is 5.62. The maximum atomic E-state index is 2.48. The number of benzene rings is 5. The summed E-state index contributed by atoms with van der Waals surface area (Å²) in [4.78, 5) is 1.41. The largest absolute Gasteiger partial charge is 0.310 e. The highest BCUT2D eigenvalue weighted by molar-refractivity contribution is 8.00. The van der Waals surface area contributed by atoms with Gasteiger partial charge in [0.05, 0.1) is 22.1 Å². The van der Waals surface area contributed by atoms with Crippen LogP contribution >= 0.6 is 11.8 Å². The van der Waals surface area contributed by atoms with E-state index in [0.29, 0.717) is 11.2 Å². The summed E-state index contributed by atoms with van der Waals surface area (Å²) in [6, 6.07) is 42.1. The van der Waals surface area contributed by atoms with Crippen LogP contribution in [0.4, 0.5) is 0 Å². The van der Waals surface area contributed by atoms with Crippen LogP contribution in [0, 0.1) is 0 Å². The van der Waals surface area contributed by atoms with Crippen LogP contribution in [0.25, 0.3) is 55.0 Å². The van der Waals surface area contributed by atoms with Crippen molar-refractivity contribution in [2.75, 3.05) is 0 Å². The van der Waals surface area contributed by atoms with Gasteiger partial charge in [-0.15, -0.1) is 11.8 Å². The Labute approximate surface area is 230 Å². The van der Waals surface area contributed by atoms with Crippen LogP contribution in [0.1, 0.15) is 11.5 Å². The molecule has 0 N–H and O–H groups in total. The van der Waals surface area contributed by atoms with E-state index in [9.17, 15) is 0 Å². The van der Waals surface area contributed by atoms with Crippen molar-refractivity contribution in [3.63, 3.8) is 0 Å². The van der Waals surface area contributed by atoms with Crippen LogP contribution in [-0.4, -0.2) is 14.4 Å². The van der Waals surface area contributed by atoms with Gasteiger partial charge in [-0.1, -0.05) is 84.9 Å². The number of hydrogen-bond acceptors (Lipinski definition) is 1. The number of thioether (sulfide) groups is 1. The topological polar surface area (TPSA) is 9.86 Å². The molecule has 39 heavy (non-hydrogen) atoms. The summed E-state index contributed by atoms with van der Waals surface area (Å²) < 4.78 is 4.87. The van der Waals surface area contributed by atoms with Gasteiger partial charge in [0, 0.05) is 49.0 Å². The van der Waals surface area contributed by atoms with Crippen LogP contribution in [0.3, 0.4) is 0 Å². The normalized spacial score (nSPS) is 18.2. The summed E-state index contributed by atoms with van der Waals surface area (Å²) >= 11 is 1.99. The molecule has 7 aromatic rings. The van der Waals surface area contributed by atoms with Crippen LogP contribution in [0.2, 0.25) is 0 Å². The maximum absolute atomic E-state index is 2.48. The Morgan fingerprint density at radius 1 is 0.538 bits per heavy atom. The standard InChI is InChI=1S/C36H24N2S/c1-5-13-31-25(9-1)26-10-2-6-14-32(26)37(31)23-17-19-34-29(21-23)27-11-3-7-15-33(27)38(34)24-18-20-36-30(22-24)28-12-4-8-16-35(28)39-36/h1-22,30,36H. The molecule has 0 radical (unpaired) electrons. The summed E-state index contributed by atoms with van der Waals surface area (Å²) in [6.45, 7) is 0. The lowest BCUT2D eigenvalue weighted by Crippen LogP contribution is -2.11. The Morgan fingerprint density at radius 3 is 1.87 bits per heavy atom. The van der Waals surface area contributed by atoms with Crippen LogP contribution < -0.4 is 0 Å². The van der Waals surface area contributed by atoms with E-state index < -0.39 is 0 Å². The first-order chi connectivity index (χ1) is 19.3. The van der Waals surface area contributed by atoms with Gasteiger partial charge in [0.25, 0.3) is 0 Å². The van der Waals surface area contributed by atoms with E-state index in [2.05, 4.69) is 143 Å². The highest BCUT2D eigenvalue weighted by Gasteiger charge is 2.32. The number of rotatable bonds is 2. The smallest absolute Gasteiger partial charge is 0.0542 e. The van der Waals surface area contributed by atoms with Gasteiger partial charge in [0.1, 0.15) is 0 Å². The van der Waals surface area contributed by atoms with Crippen molar-refractivity contribution >= 4 is 61.1 Å². The van der Waals surface area contributed by atoms with Crippen LogP contribution in [0.15, 0.2) is 138 Å². The maximum Gasteiger partial charge on any atom is 0.0542 e. The Balaban J connectivity index is 1.29. The monoisotopic (exact) mass is 516 g/mol. The third-order valence-electron chi connectivity index (χ3n) is 8.45. The number of hydrogen-bond donors (Lipinski definition) is 0. The zero-order chi connectivity index (χ0) is 25.5. The van der Waals surface area contributed by atoms with Crippen molar-refractivity contribution < 1.29 is 0 Å². The van der Waals surface area contributed by atoms with Crippen molar-refractivity contribution in [1.82, 2.24) is 9.13 Å². The second-order valence-corrected chi connectivity index (χ2v) is 11.7. The van der Waals surface area contributed by atoms with E-state index in [1.807, 2.05) is 11.8 Å². The molecule has 1 aliphatic carbocycles. The minimum Gasteiger partial charge on any atom is -0.310 e. The zero-order valence-electron chi connectivity index (χ0n) is 21.2. The number of aromatic nitrogens is 2. The molecule has 5 aromatic carbocycles. The molecule has 2 nitrogen and oxygen atoms in total. The third kappa shape index (κ3) is 2.99. The number of para-hydroxylation sites is 3. The first-order valence-corrected chi connectivity index (χ1v) is 14.4. The van der Waals surface area contributed by atoms with E-state index >= 15 is 0 Å². The second kappa shape index (κ2) is 8.02. The average Bonchev–Trinajstić information content (AvgIpc) is 3.64. The Hall–Kier alpha value is -4.47. The molecule has 0 spiro atoms. The second-order valence-electron chi connectivity index (χ2n) is 10.5. The molecular weight excluding hydrogens is 492 g/mol. The van der Waals surface area contributed by atoms with Gasteiger partial charge >= 0.3 is 0 Å². The van der Waals surface area contributed by atoms with Crippen LogP contribution in [-0.2, 0) is 0 Å². The van der Waals surface area contributed by atoms with Crippen molar-refractivity contribution in [2.24, 2.45) is 0 Å². The Kier molecular flexibility index (Phi) is 4.41. The molecule has 0 amide bonds. The number of nitrogens with zero attached hydrogens (tertiary/aromatic N) is 2. The molecule has 3 heterocycles. The molecule has 2 aromatic heterocycles. The molecule has 0 fully saturated rings. The molecule has 9 rings (SSSR count). The van der Waals surface area contributed by atoms with Gasteiger partial charge < -0.3 is 9.13 Å². The fourth-order valence-electron chi connectivity index (χ4n) is 6.76.